The molecule has 0 aliphatic carbocycles. The van der Waals surface area contributed by atoms with Crippen LogP contribution in [-0.2, 0) is 22.5 Å². The number of carbonyl (C=O) groups excluding carboxylic acids is 1. The van der Waals surface area contributed by atoms with Gasteiger partial charge in [0, 0.05) is 37.9 Å². The van der Waals surface area contributed by atoms with Crippen molar-refractivity contribution in [3.63, 3.8) is 0 Å². The molecular formula is C30H33N7O3. The summed E-state index contributed by atoms with van der Waals surface area (Å²) in [4.78, 5) is 32.6. The molecule has 0 spiro atoms. The molecular weight excluding hydrogens is 506 g/mol. The van der Waals surface area contributed by atoms with Crippen molar-refractivity contribution >= 4 is 22.9 Å². The molecule has 2 aliphatic rings. The van der Waals surface area contributed by atoms with E-state index in [-0.39, 0.29) is 18.8 Å². The number of hydrogen-bond acceptors (Lipinski definition) is 9. The maximum Gasteiger partial charge on any atom is 0.410 e. The van der Waals surface area contributed by atoms with Gasteiger partial charge >= 0.3 is 6.09 Å². The number of likely N-dealkylation sites (tertiary alicyclic amines) is 1. The van der Waals surface area contributed by atoms with Crippen LogP contribution in [0.4, 0.5) is 10.6 Å². The standard InChI is InChI=1S/C30H33N7O3/c31-28-27-23(14-20-8-11-37(12-9-20)30(38)40-18-21-4-2-1-3-5-21)15-25(36-29(27)35-19-34-28)22-6-7-24(33-16-22)26-17-32-10-13-39-26/h1-7,15-16,19-20,26,32H,8-14,17-18H2,(H2,31,34,35,36). The SMILES string of the molecule is Nc1ncnc2nc(-c3ccc(C4CNCCO4)nc3)cc(CC3CCN(C(=O)OCc4ccccc4)CC3)c12. The lowest BCUT2D eigenvalue weighted by molar-refractivity contribution is 0.0250. The van der Waals surface area contributed by atoms with Crippen LogP contribution in [0.25, 0.3) is 22.3 Å². The van der Waals surface area contributed by atoms with Crippen molar-refractivity contribution in [2.24, 2.45) is 5.92 Å². The number of nitrogens with one attached hydrogen (secondary N) is 1. The first kappa shape index (κ1) is 26.1. The number of rotatable bonds is 6. The third kappa shape index (κ3) is 5.88. The van der Waals surface area contributed by atoms with Gasteiger partial charge in [0.05, 0.1) is 23.4 Å². The zero-order chi connectivity index (χ0) is 27.3. The number of amides is 1. The van der Waals surface area contributed by atoms with E-state index in [1.54, 1.807) is 4.90 Å². The third-order valence-corrected chi connectivity index (χ3v) is 7.64. The van der Waals surface area contributed by atoms with Crippen LogP contribution in [0.1, 0.15) is 35.8 Å². The number of aromatic nitrogens is 4. The lowest BCUT2D eigenvalue weighted by Gasteiger charge is -2.31. The summed E-state index contributed by atoms with van der Waals surface area (Å²) in [6, 6.07) is 15.8. The van der Waals surface area contributed by atoms with Gasteiger partial charge in [0.15, 0.2) is 5.65 Å². The minimum absolute atomic E-state index is 0.0445. The third-order valence-electron chi connectivity index (χ3n) is 7.64. The molecule has 1 amide bonds. The van der Waals surface area contributed by atoms with Crippen LogP contribution in [0.5, 0.6) is 0 Å². The predicted octanol–water partition coefficient (Wildman–Crippen LogP) is 3.92. The monoisotopic (exact) mass is 539 g/mol. The number of carbonyl (C=O) groups is 1. The Balaban J connectivity index is 1.15. The molecule has 1 unspecified atom stereocenters. The number of nitrogens with two attached hydrogens (primary N) is 1. The lowest BCUT2D eigenvalue weighted by atomic mass is 9.89. The van der Waals surface area contributed by atoms with Crippen molar-refractivity contribution in [1.82, 2.24) is 30.2 Å². The maximum absolute atomic E-state index is 12.6. The molecule has 40 heavy (non-hydrogen) atoms. The van der Waals surface area contributed by atoms with Crippen molar-refractivity contribution in [2.75, 3.05) is 38.5 Å². The van der Waals surface area contributed by atoms with Crippen molar-refractivity contribution in [3.05, 3.63) is 77.9 Å². The van der Waals surface area contributed by atoms with E-state index < -0.39 is 0 Å². The van der Waals surface area contributed by atoms with Gasteiger partial charge in [0.1, 0.15) is 24.9 Å². The van der Waals surface area contributed by atoms with Crippen molar-refractivity contribution in [3.8, 4) is 11.3 Å². The fourth-order valence-electron chi connectivity index (χ4n) is 5.42. The molecule has 5 heterocycles. The molecule has 4 aromatic rings. The van der Waals surface area contributed by atoms with E-state index in [1.807, 2.05) is 48.7 Å². The van der Waals surface area contributed by atoms with E-state index in [1.165, 1.54) is 6.33 Å². The summed E-state index contributed by atoms with van der Waals surface area (Å²) in [5.74, 6) is 0.809. The van der Waals surface area contributed by atoms with Crippen molar-refractivity contribution < 1.29 is 14.3 Å². The van der Waals surface area contributed by atoms with Gasteiger partial charge in [0.2, 0.25) is 0 Å². The largest absolute Gasteiger partial charge is 0.445 e. The molecule has 1 aromatic carbocycles. The highest BCUT2D eigenvalue weighted by molar-refractivity contribution is 5.90. The van der Waals surface area contributed by atoms with Gasteiger partial charge < -0.3 is 25.4 Å². The van der Waals surface area contributed by atoms with E-state index in [9.17, 15) is 4.79 Å². The number of anilines is 1. The maximum atomic E-state index is 12.6. The zero-order valence-electron chi connectivity index (χ0n) is 22.3. The molecule has 0 radical (unpaired) electrons. The summed E-state index contributed by atoms with van der Waals surface area (Å²) in [6.07, 6.45) is 5.53. The molecule has 6 rings (SSSR count). The molecule has 3 N–H and O–H groups in total. The van der Waals surface area contributed by atoms with Gasteiger partial charge in [-0.25, -0.2) is 19.7 Å². The highest BCUT2D eigenvalue weighted by Crippen LogP contribution is 2.31. The number of ether oxygens (including phenoxy) is 2. The molecule has 2 saturated heterocycles. The molecule has 10 nitrogen and oxygen atoms in total. The highest BCUT2D eigenvalue weighted by atomic mass is 16.6. The summed E-state index contributed by atoms with van der Waals surface area (Å²) in [5.41, 5.74) is 11.5. The zero-order valence-corrected chi connectivity index (χ0v) is 22.3. The first-order valence-electron chi connectivity index (χ1n) is 13.8. The Bertz CT molecular complexity index is 1450. The number of morpholine rings is 1. The smallest absolute Gasteiger partial charge is 0.410 e. The Hall–Kier alpha value is -4.15. The molecule has 3 aromatic heterocycles. The Kier molecular flexibility index (Phi) is 7.78. The van der Waals surface area contributed by atoms with Crippen LogP contribution < -0.4 is 11.1 Å². The molecule has 10 heteroatoms. The van der Waals surface area contributed by atoms with E-state index in [0.717, 1.165) is 65.8 Å². The second-order valence-corrected chi connectivity index (χ2v) is 10.3. The van der Waals surface area contributed by atoms with Crippen molar-refractivity contribution in [1.29, 1.82) is 0 Å². The number of nitrogen functional groups attached to an aromatic ring is 1. The normalized spacial score (nSPS) is 18.1. The van der Waals surface area contributed by atoms with Crippen LogP contribution in [0, 0.1) is 5.92 Å². The average Bonchev–Trinajstić information content (AvgIpc) is 3.01. The predicted molar refractivity (Wildman–Crippen MR) is 151 cm³/mol. The van der Waals surface area contributed by atoms with Crippen LogP contribution in [0.3, 0.4) is 0 Å². The average molecular weight is 540 g/mol. The first-order chi connectivity index (χ1) is 19.6. The number of pyridine rings is 2. The van der Waals surface area contributed by atoms with E-state index >= 15 is 0 Å². The first-order valence-corrected chi connectivity index (χ1v) is 13.8. The second-order valence-electron chi connectivity index (χ2n) is 10.3. The Morgan fingerprint density at radius 2 is 1.95 bits per heavy atom. The van der Waals surface area contributed by atoms with Gasteiger partial charge in [-0.2, -0.15) is 0 Å². The Morgan fingerprint density at radius 3 is 2.70 bits per heavy atom. The summed E-state index contributed by atoms with van der Waals surface area (Å²) in [7, 11) is 0. The Labute approximate surface area is 233 Å². The fourth-order valence-corrected chi connectivity index (χ4v) is 5.42. The number of nitrogens with zero attached hydrogens (tertiary/aromatic N) is 5. The van der Waals surface area contributed by atoms with Gasteiger partial charge in [-0.3, -0.25) is 4.98 Å². The molecule has 1 atom stereocenters. The minimum Gasteiger partial charge on any atom is -0.445 e. The summed E-state index contributed by atoms with van der Waals surface area (Å²) >= 11 is 0. The van der Waals surface area contributed by atoms with Gasteiger partial charge in [-0.1, -0.05) is 30.3 Å². The van der Waals surface area contributed by atoms with Crippen LogP contribution in [0.2, 0.25) is 0 Å². The van der Waals surface area contributed by atoms with Gasteiger partial charge in [-0.05, 0) is 54.5 Å². The van der Waals surface area contributed by atoms with E-state index in [2.05, 4.69) is 26.3 Å². The van der Waals surface area contributed by atoms with Gasteiger partial charge in [-0.15, -0.1) is 0 Å². The van der Waals surface area contributed by atoms with Gasteiger partial charge in [0.25, 0.3) is 0 Å². The topological polar surface area (TPSA) is 128 Å². The van der Waals surface area contributed by atoms with Crippen LogP contribution >= 0.6 is 0 Å². The molecule has 2 aliphatic heterocycles. The van der Waals surface area contributed by atoms with E-state index in [0.29, 0.717) is 37.1 Å². The van der Waals surface area contributed by atoms with E-state index in [4.69, 9.17) is 20.2 Å². The number of hydrogen-bond donors (Lipinski definition) is 2. The lowest BCUT2D eigenvalue weighted by Crippen LogP contribution is -2.39. The molecule has 0 saturated carbocycles. The number of benzene rings is 1. The summed E-state index contributed by atoms with van der Waals surface area (Å²) in [6.45, 7) is 3.89. The fraction of sp³-hybridized carbons (Fsp3) is 0.367. The summed E-state index contributed by atoms with van der Waals surface area (Å²) < 4.78 is 11.4. The van der Waals surface area contributed by atoms with Crippen LogP contribution in [0.15, 0.2) is 61.1 Å². The number of fused-ring (bicyclic) bond motifs is 1. The quantitative estimate of drug-likeness (QED) is 0.375. The Morgan fingerprint density at radius 1 is 1.10 bits per heavy atom. The number of piperidine rings is 1. The second kappa shape index (κ2) is 11.9. The molecule has 2 fully saturated rings. The summed E-state index contributed by atoms with van der Waals surface area (Å²) in [5, 5.41) is 4.13. The van der Waals surface area contributed by atoms with Crippen molar-refractivity contribution in [2.45, 2.75) is 32.0 Å². The molecule has 206 valence electrons. The minimum atomic E-state index is -0.262. The van der Waals surface area contributed by atoms with Crippen LogP contribution in [-0.4, -0.2) is 63.7 Å². The highest BCUT2D eigenvalue weighted by Gasteiger charge is 2.25. The molecule has 0 bridgehead atoms.